The summed E-state index contributed by atoms with van der Waals surface area (Å²) in [5.74, 6) is -0.0704. The maximum absolute atomic E-state index is 13.4. The summed E-state index contributed by atoms with van der Waals surface area (Å²) in [5, 5.41) is 4.46. The van der Waals surface area contributed by atoms with E-state index >= 15 is 0 Å². The molecule has 1 amide bonds. The first-order valence-corrected chi connectivity index (χ1v) is 13.7. The summed E-state index contributed by atoms with van der Waals surface area (Å²) < 4.78 is 5.20. The summed E-state index contributed by atoms with van der Waals surface area (Å²) in [5.41, 5.74) is 2.80. The monoisotopic (exact) mass is 422 g/mol. The van der Waals surface area contributed by atoms with Gasteiger partial charge in [-0.2, -0.15) is 0 Å². The van der Waals surface area contributed by atoms with Gasteiger partial charge in [0.05, 0.1) is 14.7 Å². The number of benzene rings is 2. The minimum atomic E-state index is -1.38. The van der Waals surface area contributed by atoms with Gasteiger partial charge in [0.15, 0.2) is 0 Å². The van der Waals surface area contributed by atoms with Crippen molar-refractivity contribution < 1.29 is 9.53 Å². The van der Waals surface area contributed by atoms with Gasteiger partial charge in [0.1, 0.15) is 6.04 Å². The lowest BCUT2D eigenvalue weighted by atomic mass is 10.0. The highest BCUT2D eigenvalue weighted by Gasteiger charge is 2.27. The summed E-state index contributed by atoms with van der Waals surface area (Å²) in [4.78, 5) is 15.4. The fourth-order valence-electron chi connectivity index (χ4n) is 3.37. The predicted octanol–water partition coefficient (Wildman–Crippen LogP) is 4.73. The number of ether oxygens (including phenoxy) is 1. The van der Waals surface area contributed by atoms with E-state index in [4.69, 9.17) is 4.74 Å². The molecule has 0 aliphatic carbocycles. The van der Waals surface area contributed by atoms with Crippen LogP contribution in [0.4, 0.5) is 5.69 Å². The molecule has 0 saturated heterocycles. The topological polar surface area (TPSA) is 41.6 Å². The van der Waals surface area contributed by atoms with Gasteiger partial charge in [-0.05, 0) is 23.3 Å². The van der Waals surface area contributed by atoms with Crippen LogP contribution < -0.4 is 10.5 Å². The Hall–Kier alpha value is -2.47. The van der Waals surface area contributed by atoms with Crippen LogP contribution in [0.15, 0.2) is 73.8 Å². The first-order chi connectivity index (χ1) is 14.3. The van der Waals surface area contributed by atoms with Crippen molar-refractivity contribution in [2.45, 2.75) is 32.3 Å². The molecule has 2 rings (SSSR count). The number of carbonyl (C=O) groups excluding carboxylic acids is 1. The van der Waals surface area contributed by atoms with E-state index in [2.05, 4.69) is 55.1 Å². The molecule has 2 aromatic rings. The van der Waals surface area contributed by atoms with Crippen LogP contribution in [0.5, 0.6) is 0 Å². The summed E-state index contributed by atoms with van der Waals surface area (Å²) in [6.07, 6.45) is 3.62. The second-order valence-electron chi connectivity index (χ2n) is 8.42. The van der Waals surface area contributed by atoms with Crippen molar-refractivity contribution in [3.63, 3.8) is 0 Å². The summed E-state index contributed by atoms with van der Waals surface area (Å²) in [7, 11) is 0.298. The molecule has 0 heterocycles. The molecule has 0 spiro atoms. The Bertz CT molecular complexity index is 829. The summed E-state index contributed by atoms with van der Waals surface area (Å²) in [6, 6.07) is 15.8. The van der Waals surface area contributed by atoms with Crippen LogP contribution in [0, 0.1) is 0 Å². The molecular weight excluding hydrogens is 388 g/mol. The molecule has 2 aromatic carbocycles. The maximum Gasteiger partial charge on any atom is 0.246 e. The lowest BCUT2D eigenvalue weighted by Gasteiger charge is -2.29. The number of anilines is 1. The molecule has 4 nitrogen and oxygen atoms in total. The van der Waals surface area contributed by atoms with Gasteiger partial charge in [-0.3, -0.25) is 9.69 Å². The van der Waals surface area contributed by atoms with E-state index in [1.54, 1.807) is 7.11 Å². The van der Waals surface area contributed by atoms with Gasteiger partial charge in [0.25, 0.3) is 0 Å². The van der Waals surface area contributed by atoms with Gasteiger partial charge in [-0.15, -0.1) is 13.2 Å². The Labute approximate surface area is 182 Å². The van der Waals surface area contributed by atoms with E-state index < -0.39 is 14.1 Å². The molecule has 160 valence electrons. The van der Waals surface area contributed by atoms with Crippen molar-refractivity contribution in [2.24, 2.45) is 0 Å². The Morgan fingerprint density at radius 2 is 1.60 bits per heavy atom. The molecule has 30 heavy (non-hydrogen) atoms. The zero-order chi connectivity index (χ0) is 22.1. The van der Waals surface area contributed by atoms with Gasteiger partial charge in [0.2, 0.25) is 5.91 Å². The maximum atomic E-state index is 13.4. The first-order valence-electron chi connectivity index (χ1n) is 10.2. The van der Waals surface area contributed by atoms with E-state index in [9.17, 15) is 4.79 Å². The molecule has 1 atom stereocenters. The third-order valence-corrected chi connectivity index (χ3v) is 7.03. The molecule has 5 heteroatoms. The minimum Gasteiger partial charge on any atom is -0.380 e. The van der Waals surface area contributed by atoms with Crippen LogP contribution in [0.3, 0.4) is 0 Å². The van der Waals surface area contributed by atoms with Gasteiger partial charge in [-0.25, -0.2) is 0 Å². The molecule has 1 unspecified atom stereocenters. The molecule has 0 fully saturated rings. The quantitative estimate of drug-likeness (QED) is 0.420. The fourth-order valence-corrected chi connectivity index (χ4v) is 4.54. The van der Waals surface area contributed by atoms with Crippen LogP contribution in [-0.2, 0) is 16.1 Å². The molecule has 1 N–H and O–H groups in total. The van der Waals surface area contributed by atoms with E-state index in [1.807, 2.05) is 48.6 Å². The highest BCUT2D eigenvalue weighted by molar-refractivity contribution is 6.88. The minimum absolute atomic E-state index is 0.0704. The molecular formula is C25H34N2O2Si. The number of hydrogen-bond acceptors (Lipinski definition) is 3. The normalized spacial score (nSPS) is 12.4. The lowest BCUT2D eigenvalue weighted by Crippen LogP contribution is -2.38. The van der Waals surface area contributed by atoms with Gasteiger partial charge in [0, 0.05) is 25.9 Å². The third-order valence-electron chi connectivity index (χ3n) is 4.97. The van der Waals surface area contributed by atoms with Crippen molar-refractivity contribution in [1.82, 2.24) is 4.90 Å². The number of hydrogen-bond donors (Lipinski definition) is 1. The zero-order valence-electron chi connectivity index (χ0n) is 18.7. The summed E-state index contributed by atoms with van der Waals surface area (Å²) >= 11 is 0. The largest absolute Gasteiger partial charge is 0.380 e. The third kappa shape index (κ3) is 6.52. The van der Waals surface area contributed by atoms with Crippen LogP contribution >= 0.6 is 0 Å². The predicted molar refractivity (Wildman–Crippen MR) is 130 cm³/mol. The second-order valence-corrected chi connectivity index (χ2v) is 13.5. The molecule has 0 saturated carbocycles. The molecule has 0 aliphatic heterocycles. The fraction of sp³-hybridized carbons (Fsp3) is 0.320. The Morgan fingerprint density at radius 1 is 1.03 bits per heavy atom. The van der Waals surface area contributed by atoms with E-state index in [-0.39, 0.29) is 5.91 Å². The number of amides is 1. The number of nitrogens with one attached hydrogen (secondary N) is 1. The molecule has 0 radical (unpaired) electrons. The first kappa shape index (κ1) is 23.8. The van der Waals surface area contributed by atoms with Crippen molar-refractivity contribution in [2.75, 3.05) is 25.5 Å². The summed E-state index contributed by atoms with van der Waals surface area (Å²) in [6.45, 7) is 16.4. The van der Waals surface area contributed by atoms with Crippen LogP contribution in [0.1, 0.15) is 17.2 Å². The standard InChI is InChI=1S/C25H34N2O2Si/c1-7-17-27(18-8-2)24(21-11-9-20(10-12-21)19-29-3)25(28)26-22-13-15-23(16-14-22)30(4,5)6/h7-16,24H,1-2,17-19H2,3-6H3,(H,26,28). The highest BCUT2D eigenvalue weighted by Crippen LogP contribution is 2.24. The van der Waals surface area contributed by atoms with Gasteiger partial charge < -0.3 is 10.1 Å². The van der Waals surface area contributed by atoms with Crippen molar-refractivity contribution in [3.8, 4) is 0 Å². The van der Waals surface area contributed by atoms with Gasteiger partial charge in [-0.1, -0.05) is 73.4 Å². The van der Waals surface area contributed by atoms with Gasteiger partial charge >= 0.3 is 0 Å². The van der Waals surface area contributed by atoms with E-state index in [0.717, 1.165) is 16.8 Å². The average molecular weight is 423 g/mol. The van der Waals surface area contributed by atoms with E-state index in [1.165, 1.54) is 5.19 Å². The molecule has 0 aromatic heterocycles. The highest BCUT2D eigenvalue weighted by atomic mass is 28.3. The zero-order valence-corrected chi connectivity index (χ0v) is 19.7. The number of methoxy groups -OCH3 is 1. The van der Waals surface area contributed by atoms with E-state index in [0.29, 0.717) is 19.7 Å². The number of rotatable bonds is 11. The number of nitrogens with zero attached hydrogens (tertiary/aromatic N) is 1. The SMILES string of the molecule is C=CCN(CC=C)C(C(=O)Nc1ccc([Si](C)(C)C)cc1)c1ccc(COC)cc1. The second kappa shape index (κ2) is 11.1. The smallest absolute Gasteiger partial charge is 0.246 e. The lowest BCUT2D eigenvalue weighted by molar-refractivity contribution is -0.121. The van der Waals surface area contributed by atoms with Crippen LogP contribution in [-0.4, -0.2) is 39.1 Å². The molecule has 0 aliphatic rings. The average Bonchev–Trinajstić information content (AvgIpc) is 2.70. The molecule has 0 bridgehead atoms. The van der Waals surface area contributed by atoms with Crippen molar-refractivity contribution in [1.29, 1.82) is 0 Å². The van der Waals surface area contributed by atoms with Crippen LogP contribution in [0.2, 0.25) is 19.6 Å². The Morgan fingerprint density at radius 3 is 2.07 bits per heavy atom. The van der Waals surface area contributed by atoms with Crippen molar-refractivity contribution in [3.05, 3.63) is 85.0 Å². The van der Waals surface area contributed by atoms with Crippen molar-refractivity contribution >= 4 is 24.9 Å². The van der Waals surface area contributed by atoms with Crippen LogP contribution in [0.25, 0.3) is 0 Å². The number of carbonyl (C=O) groups is 1. The Kier molecular flexibility index (Phi) is 8.78. The Balaban J connectivity index is 2.31.